The number of ketones is 2. The van der Waals surface area contributed by atoms with Crippen LogP contribution in [0.2, 0.25) is 0 Å². The second-order valence-electron chi connectivity index (χ2n) is 11.6. The van der Waals surface area contributed by atoms with Crippen molar-refractivity contribution in [3.05, 3.63) is 29.6 Å². The molecule has 1 saturated heterocycles. The number of Topliss-reactive ketones (excluding diaryl/α,β-unsaturated/α-hetero) is 2. The average Bonchev–Trinajstić information content (AvgIpc) is 3.48. The van der Waals surface area contributed by atoms with Crippen LogP contribution in [-0.2, 0) is 38.4 Å². The predicted octanol–water partition coefficient (Wildman–Crippen LogP) is -3.33. The molecule has 1 unspecified atom stereocenters. The molecule has 0 aromatic carbocycles. The minimum Gasteiger partial charge on any atom is -0.478 e. The van der Waals surface area contributed by atoms with Gasteiger partial charge in [0.1, 0.15) is 18.1 Å². The van der Waals surface area contributed by atoms with Crippen molar-refractivity contribution in [3.63, 3.8) is 0 Å². The number of carboxylic acids is 1. The number of nitrogens with two attached hydrogens (primary N) is 2. The van der Waals surface area contributed by atoms with Crippen LogP contribution in [0.3, 0.4) is 0 Å². The van der Waals surface area contributed by atoms with Gasteiger partial charge >= 0.3 is 5.97 Å². The lowest BCUT2D eigenvalue weighted by Gasteiger charge is -2.29. The SMILES string of the molecule is NC(=O)C(=O)CC[C@H](NC(=O)c1ccncc1C(=O)O)C(=O)NCC(=O)N1CC(=O)C[C@H]1C(=O)NCC(=O)NC(C(N)=O)C1CCCCC1. The summed E-state index contributed by atoms with van der Waals surface area (Å²) in [6.45, 7) is -1.81. The van der Waals surface area contributed by atoms with Gasteiger partial charge in [-0.25, -0.2) is 4.79 Å². The molecule has 1 saturated carbocycles. The van der Waals surface area contributed by atoms with Crippen LogP contribution in [0.15, 0.2) is 18.5 Å². The first kappa shape index (κ1) is 37.7. The minimum absolute atomic E-state index is 0.129. The van der Waals surface area contributed by atoms with E-state index in [1.54, 1.807) is 0 Å². The number of rotatable bonds is 16. The molecule has 2 aliphatic rings. The summed E-state index contributed by atoms with van der Waals surface area (Å²) in [4.78, 5) is 128. The molecule has 3 rings (SSSR count). The summed E-state index contributed by atoms with van der Waals surface area (Å²) in [6.07, 6.45) is 4.86. The van der Waals surface area contributed by atoms with Gasteiger partial charge in [0.05, 0.1) is 30.8 Å². The van der Waals surface area contributed by atoms with E-state index in [-0.39, 0.29) is 17.9 Å². The number of aromatic nitrogens is 1. The molecule has 19 heteroatoms. The summed E-state index contributed by atoms with van der Waals surface area (Å²) in [5, 5.41) is 18.8. The Morgan fingerprint density at radius 3 is 2.27 bits per heavy atom. The first-order valence-corrected chi connectivity index (χ1v) is 15.5. The van der Waals surface area contributed by atoms with Gasteiger partial charge in [-0.05, 0) is 31.2 Å². The highest BCUT2D eigenvalue weighted by molar-refractivity contribution is 6.35. The minimum atomic E-state index is -1.56. The summed E-state index contributed by atoms with van der Waals surface area (Å²) in [6, 6.07) is -2.71. The number of likely N-dealkylation sites (tertiary alicyclic amines) is 1. The molecule has 1 aliphatic heterocycles. The van der Waals surface area contributed by atoms with E-state index in [4.69, 9.17) is 11.5 Å². The normalized spacial score (nSPS) is 17.3. The Morgan fingerprint density at radius 2 is 1.63 bits per heavy atom. The van der Waals surface area contributed by atoms with Crippen molar-refractivity contribution >= 4 is 58.9 Å². The maximum atomic E-state index is 13.1. The number of hydrogen-bond acceptors (Lipinski definition) is 11. The number of pyridine rings is 1. The summed E-state index contributed by atoms with van der Waals surface area (Å²) in [5.74, 6) is -9.60. The molecule has 264 valence electrons. The van der Waals surface area contributed by atoms with Crippen molar-refractivity contribution in [1.29, 1.82) is 0 Å². The molecule has 0 radical (unpaired) electrons. The van der Waals surface area contributed by atoms with Crippen LogP contribution in [0, 0.1) is 5.92 Å². The van der Waals surface area contributed by atoms with Crippen molar-refractivity contribution in [2.45, 2.75) is 69.5 Å². The van der Waals surface area contributed by atoms with Crippen molar-refractivity contribution in [1.82, 2.24) is 31.2 Å². The van der Waals surface area contributed by atoms with Gasteiger partial charge in [-0.3, -0.25) is 48.1 Å². The maximum absolute atomic E-state index is 13.1. The van der Waals surface area contributed by atoms with E-state index < -0.39 is 115 Å². The molecule has 1 aromatic rings. The quantitative estimate of drug-likeness (QED) is 0.0840. The summed E-state index contributed by atoms with van der Waals surface area (Å²) >= 11 is 0. The molecule has 2 heterocycles. The Kier molecular flexibility index (Phi) is 13.4. The Balaban J connectivity index is 1.62. The van der Waals surface area contributed by atoms with Crippen LogP contribution in [0.4, 0.5) is 0 Å². The standard InChI is InChI=1S/C30H38N8O11/c31-25(43)21(40)7-6-19(36-27(45)17-8-9-33-11-18(17)30(48)49)28(46)35-13-23(42)38-14-16(39)10-20(38)29(47)34-12-22(41)37-24(26(32)44)15-4-2-1-3-5-15/h8-9,11,15,19-20,24H,1-7,10,12-14H2,(H2,31,43)(H2,32,44)(H,34,47)(H,35,46)(H,36,45)(H,37,41)(H,48,49)/t19-,20-,24?/m0/s1. The number of primary amides is 2. The highest BCUT2D eigenvalue weighted by Crippen LogP contribution is 2.26. The molecule has 1 aromatic heterocycles. The molecule has 9 N–H and O–H groups in total. The Bertz CT molecular complexity index is 1520. The fourth-order valence-corrected chi connectivity index (χ4v) is 5.64. The molecule has 49 heavy (non-hydrogen) atoms. The van der Waals surface area contributed by atoms with Crippen molar-refractivity contribution in [3.8, 4) is 0 Å². The number of amides is 7. The van der Waals surface area contributed by atoms with Crippen molar-refractivity contribution in [2.75, 3.05) is 19.6 Å². The lowest BCUT2D eigenvalue weighted by atomic mass is 9.83. The number of carbonyl (C=O) groups is 10. The molecule has 0 bridgehead atoms. The topological polar surface area (TPSA) is 307 Å². The lowest BCUT2D eigenvalue weighted by molar-refractivity contribution is -0.139. The number of carboxylic acid groups (broad SMARTS) is 1. The third-order valence-corrected chi connectivity index (χ3v) is 8.20. The molecule has 1 aliphatic carbocycles. The van der Waals surface area contributed by atoms with Gasteiger partial charge in [-0.2, -0.15) is 0 Å². The fraction of sp³-hybridized carbons (Fsp3) is 0.500. The van der Waals surface area contributed by atoms with E-state index in [9.17, 15) is 53.1 Å². The van der Waals surface area contributed by atoms with Gasteiger partial charge in [-0.1, -0.05) is 19.3 Å². The lowest BCUT2D eigenvalue weighted by Crippen LogP contribution is -2.54. The second-order valence-corrected chi connectivity index (χ2v) is 11.6. The molecular weight excluding hydrogens is 648 g/mol. The average molecular weight is 687 g/mol. The second kappa shape index (κ2) is 17.4. The van der Waals surface area contributed by atoms with E-state index >= 15 is 0 Å². The van der Waals surface area contributed by atoms with Crippen LogP contribution < -0.4 is 32.7 Å². The molecule has 7 amide bonds. The number of carbonyl (C=O) groups excluding carboxylic acids is 9. The summed E-state index contributed by atoms with van der Waals surface area (Å²) in [5.41, 5.74) is 9.60. The Morgan fingerprint density at radius 1 is 0.939 bits per heavy atom. The zero-order valence-electron chi connectivity index (χ0n) is 26.4. The molecule has 19 nitrogen and oxygen atoms in total. The molecule has 3 atom stereocenters. The monoisotopic (exact) mass is 686 g/mol. The van der Waals surface area contributed by atoms with Crippen molar-refractivity contribution in [2.24, 2.45) is 17.4 Å². The van der Waals surface area contributed by atoms with Crippen LogP contribution in [0.25, 0.3) is 0 Å². The van der Waals surface area contributed by atoms with E-state index in [0.717, 1.165) is 42.6 Å². The van der Waals surface area contributed by atoms with Gasteiger partial charge in [0.25, 0.3) is 11.8 Å². The van der Waals surface area contributed by atoms with Gasteiger partial charge in [0, 0.05) is 25.2 Å². The van der Waals surface area contributed by atoms with E-state index in [1.165, 1.54) is 0 Å². The number of aromatic carboxylic acids is 1. The van der Waals surface area contributed by atoms with Crippen LogP contribution in [0.5, 0.6) is 0 Å². The Hall–Kier alpha value is -5.75. The number of nitrogens with zero attached hydrogens (tertiary/aromatic N) is 2. The third-order valence-electron chi connectivity index (χ3n) is 8.20. The third kappa shape index (κ3) is 10.6. The molecular formula is C30H38N8O11. The zero-order chi connectivity index (χ0) is 36.2. The number of hydrogen-bond donors (Lipinski definition) is 7. The first-order valence-electron chi connectivity index (χ1n) is 15.5. The van der Waals surface area contributed by atoms with E-state index in [1.807, 2.05) is 0 Å². The zero-order valence-corrected chi connectivity index (χ0v) is 26.4. The van der Waals surface area contributed by atoms with Crippen molar-refractivity contribution < 1.29 is 53.1 Å². The van der Waals surface area contributed by atoms with Gasteiger partial charge in [-0.15, -0.1) is 0 Å². The van der Waals surface area contributed by atoms with E-state index in [2.05, 4.69) is 26.3 Å². The highest BCUT2D eigenvalue weighted by Gasteiger charge is 2.39. The molecule has 0 spiro atoms. The van der Waals surface area contributed by atoms with Gasteiger partial charge < -0.3 is 42.7 Å². The number of nitrogens with one attached hydrogen (secondary N) is 4. The van der Waals surface area contributed by atoms with Crippen LogP contribution >= 0.6 is 0 Å². The Labute approximate surface area is 279 Å². The predicted molar refractivity (Wildman–Crippen MR) is 165 cm³/mol. The van der Waals surface area contributed by atoms with E-state index in [0.29, 0.717) is 12.8 Å². The highest BCUT2D eigenvalue weighted by atomic mass is 16.4. The first-order chi connectivity index (χ1) is 23.2. The van der Waals surface area contributed by atoms with Crippen LogP contribution in [0.1, 0.15) is 72.1 Å². The molecule has 2 fully saturated rings. The fourth-order valence-electron chi connectivity index (χ4n) is 5.64. The summed E-state index contributed by atoms with van der Waals surface area (Å²) < 4.78 is 0. The smallest absolute Gasteiger partial charge is 0.338 e. The van der Waals surface area contributed by atoms with Gasteiger partial charge in [0.15, 0.2) is 5.78 Å². The van der Waals surface area contributed by atoms with Crippen LogP contribution in [-0.4, -0.2) is 112 Å². The summed E-state index contributed by atoms with van der Waals surface area (Å²) in [7, 11) is 0. The maximum Gasteiger partial charge on any atom is 0.338 e. The largest absolute Gasteiger partial charge is 0.478 e. The van der Waals surface area contributed by atoms with Gasteiger partial charge in [0.2, 0.25) is 35.3 Å².